The molecule has 1 atom stereocenters. The van der Waals surface area contributed by atoms with Crippen molar-refractivity contribution >= 4 is 91.5 Å². The van der Waals surface area contributed by atoms with E-state index in [1.165, 1.54) is 12.1 Å². The molecule has 4 fully saturated rings. The highest BCUT2D eigenvalue weighted by Crippen LogP contribution is 2.52. The summed E-state index contributed by atoms with van der Waals surface area (Å²) in [5, 5.41) is 10.8. The summed E-state index contributed by atoms with van der Waals surface area (Å²) in [5.74, 6) is -2.21. The van der Waals surface area contributed by atoms with Gasteiger partial charge in [-0.15, -0.1) is 0 Å². The maximum atomic E-state index is 15.9. The molecule has 5 aromatic rings. The van der Waals surface area contributed by atoms with E-state index in [9.17, 15) is 23.3 Å². The molecule has 3 aromatic carbocycles. The van der Waals surface area contributed by atoms with Gasteiger partial charge in [0.25, 0.3) is 0 Å². The van der Waals surface area contributed by atoms with Gasteiger partial charge < -0.3 is 34.6 Å². The molecule has 19 heteroatoms. The summed E-state index contributed by atoms with van der Waals surface area (Å²) < 4.78 is 51.9. The van der Waals surface area contributed by atoms with Gasteiger partial charge >= 0.3 is 0 Å². The molecule has 3 amide bonds. The number of ether oxygens (including phenoxy) is 1. The third kappa shape index (κ3) is 9.87. The summed E-state index contributed by atoms with van der Waals surface area (Å²) >= 11 is 3.64. The second-order valence-corrected chi connectivity index (χ2v) is 23.1. The zero-order valence-corrected chi connectivity index (χ0v) is 42.6. The number of benzene rings is 3. The number of nitrogens with one attached hydrogen (secondary N) is 3. The monoisotopic (exact) mass is 1050 g/mol. The van der Waals surface area contributed by atoms with Crippen molar-refractivity contribution < 1.29 is 32.5 Å². The van der Waals surface area contributed by atoms with Gasteiger partial charge in [0.15, 0.2) is 5.82 Å². The van der Waals surface area contributed by atoms with Crippen LogP contribution in [0, 0.1) is 24.5 Å². The largest absolute Gasteiger partial charge is 0.494 e. The van der Waals surface area contributed by atoms with Gasteiger partial charge in [-0.25, -0.2) is 13.8 Å². The number of rotatable bonds is 12. The molecule has 7 heterocycles. The van der Waals surface area contributed by atoms with E-state index in [2.05, 4.69) is 65.7 Å². The van der Waals surface area contributed by atoms with Crippen molar-refractivity contribution in [1.29, 1.82) is 0 Å². The lowest BCUT2D eigenvalue weighted by molar-refractivity contribution is -0.137. The summed E-state index contributed by atoms with van der Waals surface area (Å²) in [6.45, 7) is 9.40. The number of carbonyl (C=O) groups is 3. The summed E-state index contributed by atoms with van der Waals surface area (Å²) in [4.78, 5) is 60.7. The Morgan fingerprint density at radius 2 is 1.61 bits per heavy atom. The number of aryl methyl sites for hydroxylation is 2. The van der Waals surface area contributed by atoms with Crippen LogP contribution in [0.5, 0.6) is 5.75 Å². The first-order valence-corrected chi connectivity index (χ1v) is 27.4. The molecule has 0 aliphatic carbocycles. The Bertz CT molecular complexity index is 2970. The van der Waals surface area contributed by atoms with E-state index in [0.717, 1.165) is 90.0 Å². The van der Waals surface area contributed by atoms with Gasteiger partial charge in [-0.3, -0.25) is 29.6 Å². The van der Waals surface area contributed by atoms with Gasteiger partial charge in [-0.2, -0.15) is 4.98 Å². The fourth-order valence-electron chi connectivity index (χ4n) is 11.2. The second kappa shape index (κ2) is 20.3. The Kier molecular flexibility index (Phi) is 13.9. The molecule has 0 saturated carbocycles. The normalized spacial score (nSPS) is 20.0. The van der Waals surface area contributed by atoms with Gasteiger partial charge in [0.2, 0.25) is 23.7 Å². The van der Waals surface area contributed by atoms with Crippen LogP contribution in [0.15, 0.2) is 71.4 Å². The zero-order valence-electron chi connectivity index (χ0n) is 40.1. The Labute approximate surface area is 420 Å². The van der Waals surface area contributed by atoms with E-state index < -0.39 is 36.5 Å². The fourth-order valence-corrected chi connectivity index (χ4v) is 14.2. The van der Waals surface area contributed by atoms with Crippen LogP contribution in [0.2, 0.25) is 0 Å². The molecule has 0 spiro atoms. The van der Waals surface area contributed by atoms with E-state index in [4.69, 9.17) is 14.7 Å². The first kappa shape index (κ1) is 48.6. The Morgan fingerprint density at radius 3 is 2.32 bits per heavy atom. The number of piperazine rings is 1. The van der Waals surface area contributed by atoms with Crippen LogP contribution in [0.3, 0.4) is 0 Å². The highest BCUT2D eigenvalue weighted by Gasteiger charge is 2.38. The van der Waals surface area contributed by atoms with E-state index >= 15 is 4.39 Å². The molecule has 71 heavy (non-hydrogen) atoms. The molecular formula is C52H58BrF2N10O5P. The standard InChI is InChI=1S/C52H58BrF2N10O5P/c1-4-32-25-41(59-52-56-29-37(53)50(61-52)58-40-11-10-39-36(8-7-31(2)57-39)49(40)71(69)23-5-6-24-71)44(70-3)28-43(32)63-17-14-35(15-18-63)62-19-21-64(22-20-62)51(68)33-13-16-65(30-33)42-12-9-38(54)47(48(42)55)34-26-45(66)60-46(67)27-34/h5-12,25,28-29,33-35H,4,13-24,26-27,30H2,1-3H3,(H,60,66,67)(H2,56,58,59,61)/t33-/m1/s1. The zero-order chi connectivity index (χ0) is 49.6. The SMILES string of the molecule is CCc1cc(Nc2ncc(Br)c(Nc3ccc4nc(C)ccc4c3P3(=O)CC=CC3)n2)c(OC)cc1N1CCC(N2CCN(C(=O)[C@@H]3CCN(c4ccc(F)c(C5CC(=O)NC(=O)C5)c4F)C3)CC2)CC1. The maximum Gasteiger partial charge on any atom is 0.229 e. The molecule has 3 N–H and O–H groups in total. The van der Waals surface area contributed by atoms with Gasteiger partial charge in [0.05, 0.1) is 40.1 Å². The number of pyridine rings is 1. The number of nitrogens with zero attached hydrogens (tertiary/aromatic N) is 7. The summed E-state index contributed by atoms with van der Waals surface area (Å²) in [6.07, 6.45) is 9.67. The van der Waals surface area contributed by atoms with Crippen LogP contribution in [-0.2, 0) is 25.4 Å². The molecule has 5 aliphatic rings. The Hall–Kier alpha value is -5.97. The topological polar surface area (TPSA) is 165 Å². The van der Waals surface area contributed by atoms with Crippen LogP contribution in [0.4, 0.5) is 43.3 Å². The molecule has 5 aliphatic heterocycles. The van der Waals surface area contributed by atoms with Crippen molar-refractivity contribution in [1.82, 2.24) is 30.1 Å². The van der Waals surface area contributed by atoms with Crippen molar-refractivity contribution in [2.45, 2.75) is 64.3 Å². The number of hydrogen-bond acceptors (Lipinski definition) is 13. The van der Waals surface area contributed by atoms with Crippen LogP contribution in [0.25, 0.3) is 10.9 Å². The minimum Gasteiger partial charge on any atom is -0.494 e. The van der Waals surface area contributed by atoms with Crippen molar-refractivity contribution in [2.75, 3.05) is 92.2 Å². The van der Waals surface area contributed by atoms with E-state index in [-0.39, 0.29) is 35.9 Å². The van der Waals surface area contributed by atoms with Crippen LogP contribution >= 0.6 is 23.1 Å². The van der Waals surface area contributed by atoms with Gasteiger partial charge in [-0.1, -0.05) is 25.1 Å². The number of fused-ring (bicyclic) bond motifs is 1. The molecule has 10 rings (SSSR count). The van der Waals surface area contributed by atoms with Crippen LogP contribution in [0.1, 0.15) is 61.8 Å². The first-order chi connectivity index (χ1) is 34.3. The smallest absolute Gasteiger partial charge is 0.229 e. The van der Waals surface area contributed by atoms with Crippen LogP contribution in [-0.4, -0.2) is 120 Å². The number of allylic oxidation sites excluding steroid dienone is 2. The lowest BCUT2D eigenvalue weighted by Crippen LogP contribution is -2.55. The average molecular weight is 1050 g/mol. The molecule has 0 unspecified atom stereocenters. The number of methoxy groups -OCH3 is 1. The number of anilines is 6. The van der Waals surface area contributed by atoms with Crippen molar-refractivity contribution in [3.8, 4) is 5.75 Å². The lowest BCUT2D eigenvalue weighted by atomic mass is 9.88. The van der Waals surface area contributed by atoms with E-state index in [0.29, 0.717) is 73.0 Å². The van der Waals surface area contributed by atoms with E-state index in [1.54, 1.807) is 18.2 Å². The summed E-state index contributed by atoms with van der Waals surface area (Å²) in [7, 11) is -1.10. The third-order valence-electron chi connectivity index (χ3n) is 14.9. The Balaban J connectivity index is 0.754. The second-order valence-electron chi connectivity index (χ2n) is 19.3. The van der Waals surface area contributed by atoms with Crippen molar-refractivity contribution in [3.05, 3.63) is 99.8 Å². The Morgan fingerprint density at radius 1 is 0.873 bits per heavy atom. The number of imide groups is 1. The predicted molar refractivity (Wildman–Crippen MR) is 276 cm³/mol. The highest BCUT2D eigenvalue weighted by molar-refractivity contribution is 9.10. The van der Waals surface area contributed by atoms with Crippen molar-refractivity contribution in [3.63, 3.8) is 0 Å². The summed E-state index contributed by atoms with van der Waals surface area (Å²) in [6, 6.07) is 15.0. The number of halogens is 3. The average Bonchev–Trinajstić information content (AvgIpc) is 4.05. The molecular weight excluding hydrogens is 994 g/mol. The lowest BCUT2D eigenvalue weighted by Gasteiger charge is -2.44. The number of aromatic nitrogens is 3. The minimum atomic E-state index is -2.77. The van der Waals surface area contributed by atoms with E-state index in [1.807, 2.05) is 48.2 Å². The summed E-state index contributed by atoms with van der Waals surface area (Å²) in [5.41, 5.74) is 5.42. The number of carbonyl (C=O) groups excluding carboxylic acids is 3. The maximum absolute atomic E-state index is 15.9. The fraction of sp³-hybridized carbons (Fsp3) is 0.423. The molecule has 0 radical (unpaired) electrons. The quantitative estimate of drug-likeness (QED) is 0.0624. The first-order valence-electron chi connectivity index (χ1n) is 24.5. The molecule has 2 aromatic heterocycles. The number of amides is 3. The number of piperidine rings is 2. The molecule has 0 bridgehead atoms. The highest BCUT2D eigenvalue weighted by atomic mass is 79.9. The molecule has 4 saturated heterocycles. The van der Waals surface area contributed by atoms with Gasteiger partial charge in [0.1, 0.15) is 24.5 Å². The minimum absolute atomic E-state index is 0.0570. The van der Waals surface area contributed by atoms with Gasteiger partial charge in [-0.05, 0) is 90.5 Å². The molecule has 15 nitrogen and oxygen atoms in total. The molecule has 372 valence electrons. The van der Waals surface area contributed by atoms with Gasteiger partial charge in [0, 0.05) is 129 Å². The third-order valence-corrected chi connectivity index (χ3v) is 18.3. The predicted octanol–water partition coefficient (Wildman–Crippen LogP) is 8.15. The number of hydrogen-bond donors (Lipinski definition) is 3. The van der Waals surface area contributed by atoms with Crippen LogP contribution < -0.4 is 35.8 Å². The van der Waals surface area contributed by atoms with Crippen molar-refractivity contribution in [2.24, 2.45) is 5.92 Å².